The molecule has 0 amide bonds. The van der Waals surface area contributed by atoms with Gasteiger partial charge in [0.25, 0.3) is 0 Å². The van der Waals surface area contributed by atoms with Gasteiger partial charge in [-0.15, -0.1) is 13.2 Å². The van der Waals surface area contributed by atoms with Crippen LogP contribution in [0.15, 0.2) is 55.1 Å². The van der Waals surface area contributed by atoms with Gasteiger partial charge in [0.05, 0.1) is 0 Å². The van der Waals surface area contributed by atoms with Gasteiger partial charge in [0, 0.05) is 0 Å². The fraction of sp³-hybridized carbons (Fsp3) is 0.200. The third-order valence-electron chi connectivity index (χ3n) is 2.60. The van der Waals surface area contributed by atoms with Gasteiger partial charge in [0.2, 0.25) is 0 Å². The minimum Gasteiger partial charge on any atom is -0.106 e. The Labute approximate surface area is 92.6 Å². The van der Waals surface area contributed by atoms with Crippen LogP contribution in [-0.4, -0.2) is 0 Å². The second-order valence-electron chi connectivity index (χ2n) is 3.65. The maximum absolute atomic E-state index is 3.98. The molecule has 0 fully saturated rings. The first-order valence-electron chi connectivity index (χ1n) is 5.22. The van der Waals surface area contributed by atoms with Crippen LogP contribution in [0.25, 0.3) is 6.08 Å². The molecule has 1 aliphatic rings. The number of aryl methyl sites for hydroxylation is 1. The van der Waals surface area contributed by atoms with Crippen LogP contribution in [0.1, 0.15) is 24.5 Å². The van der Waals surface area contributed by atoms with Crippen LogP contribution in [0.4, 0.5) is 0 Å². The molecule has 0 aromatic heterocycles. The van der Waals surface area contributed by atoms with Crippen LogP contribution in [0, 0.1) is 0 Å². The summed E-state index contributed by atoms with van der Waals surface area (Å²) in [5.41, 5.74) is 5.44. The van der Waals surface area contributed by atoms with Crippen LogP contribution in [0.2, 0.25) is 0 Å². The molecule has 0 aliphatic heterocycles. The highest BCUT2D eigenvalue weighted by Crippen LogP contribution is 2.26. The Bertz CT molecular complexity index is 383. The molecule has 0 spiro atoms. The van der Waals surface area contributed by atoms with Gasteiger partial charge in [-0.25, -0.2) is 0 Å². The third kappa shape index (κ3) is 2.69. The molecule has 0 saturated carbocycles. The standard InChI is InChI=1S/C13H14.C2H4/c1-10(2)12-8-7-11-5-3-4-6-13(11)9-12;1-2/h3-6,9H,1,7-8H2,2H3;1-2H2. The molecule has 0 bridgehead atoms. The maximum atomic E-state index is 3.98. The first kappa shape index (κ1) is 11.5. The van der Waals surface area contributed by atoms with Crippen molar-refractivity contribution in [1.29, 1.82) is 0 Å². The lowest BCUT2D eigenvalue weighted by Crippen LogP contribution is -1.99. The first-order chi connectivity index (χ1) is 7.27. The number of rotatable bonds is 1. The van der Waals surface area contributed by atoms with Crippen molar-refractivity contribution >= 4 is 6.08 Å². The molecule has 2 rings (SSSR count). The predicted molar refractivity (Wildman–Crippen MR) is 68.8 cm³/mol. The summed E-state index contributed by atoms with van der Waals surface area (Å²) in [5, 5.41) is 0. The van der Waals surface area contributed by atoms with Crippen molar-refractivity contribution in [3.05, 3.63) is 66.3 Å². The highest BCUT2D eigenvalue weighted by atomic mass is 14.1. The van der Waals surface area contributed by atoms with E-state index in [9.17, 15) is 0 Å². The maximum Gasteiger partial charge on any atom is -0.0222 e. The lowest BCUT2D eigenvalue weighted by atomic mass is 9.90. The molecule has 0 N–H and O–H groups in total. The highest BCUT2D eigenvalue weighted by Gasteiger charge is 2.09. The Kier molecular flexibility index (Phi) is 4.11. The van der Waals surface area contributed by atoms with Crippen molar-refractivity contribution in [1.82, 2.24) is 0 Å². The second-order valence-corrected chi connectivity index (χ2v) is 3.65. The average Bonchev–Trinajstić information content (AvgIpc) is 2.31. The van der Waals surface area contributed by atoms with E-state index in [0.717, 1.165) is 12.8 Å². The van der Waals surface area contributed by atoms with Gasteiger partial charge in [-0.1, -0.05) is 42.5 Å². The van der Waals surface area contributed by atoms with E-state index in [1.54, 1.807) is 0 Å². The predicted octanol–water partition coefficient (Wildman–Crippen LogP) is 4.39. The molecule has 1 aromatic rings. The largest absolute Gasteiger partial charge is 0.106 e. The lowest BCUT2D eigenvalue weighted by molar-refractivity contribution is 0.935. The van der Waals surface area contributed by atoms with Gasteiger partial charge in [0.1, 0.15) is 0 Å². The van der Waals surface area contributed by atoms with Crippen molar-refractivity contribution in [3.63, 3.8) is 0 Å². The van der Waals surface area contributed by atoms with Crippen molar-refractivity contribution in [2.45, 2.75) is 19.8 Å². The number of hydrogen-bond donors (Lipinski definition) is 0. The topological polar surface area (TPSA) is 0 Å². The normalized spacial score (nSPS) is 13.0. The van der Waals surface area contributed by atoms with Crippen molar-refractivity contribution in [3.8, 4) is 0 Å². The van der Waals surface area contributed by atoms with E-state index in [1.807, 2.05) is 0 Å². The van der Waals surface area contributed by atoms with Crippen LogP contribution in [-0.2, 0) is 6.42 Å². The molecular formula is C15H18. The molecule has 0 atom stereocenters. The zero-order valence-corrected chi connectivity index (χ0v) is 9.42. The summed E-state index contributed by atoms with van der Waals surface area (Å²) < 4.78 is 0. The zero-order valence-electron chi connectivity index (χ0n) is 9.42. The first-order valence-corrected chi connectivity index (χ1v) is 5.22. The van der Waals surface area contributed by atoms with Gasteiger partial charge in [0.15, 0.2) is 0 Å². The van der Waals surface area contributed by atoms with E-state index < -0.39 is 0 Å². The molecule has 0 heterocycles. The van der Waals surface area contributed by atoms with Gasteiger partial charge in [-0.3, -0.25) is 0 Å². The van der Waals surface area contributed by atoms with E-state index >= 15 is 0 Å². The van der Waals surface area contributed by atoms with Crippen molar-refractivity contribution in [2.24, 2.45) is 0 Å². The number of hydrogen-bond acceptors (Lipinski definition) is 0. The minimum atomic E-state index is 1.15. The number of benzene rings is 1. The van der Waals surface area contributed by atoms with E-state index in [4.69, 9.17) is 0 Å². The van der Waals surface area contributed by atoms with Crippen LogP contribution < -0.4 is 0 Å². The van der Waals surface area contributed by atoms with Crippen molar-refractivity contribution in [2.75, 3.05) is 0 Å². The van der Waals surface area contributed by atoms with Crippen LogP contribution in [0.3, 0.4) is 0 Å². The van der Waals surface area contributed by atoms with Crippen LogP contribution in [0.5, 0.6) is 0 Å². The zero-order chi connectivity index (χ0) is 11.3. The average molecular weight is 198 g/mol. The van der Waals surface area contributed by atoms with E-state index in [2.05, 4.69) is 57.0 Å². The Morgan fingerprint density at radius 2 is 1.80 bits per heavy atom. The second kappa shape index (κ2) is 5.35. The Balaban J connectivity index is 0.000000531. The SMILES string of the molecule is C=C.C=C(C)C1=Cc2ccccc2CC1. The number of fused-ring (bicyclic) bond motifs is 1. The summed E-state index contributed by atoms with van der Waals surface area (Å²) in [6.07, 6.45) is 4.57. The van der Waals surface area contributed by atoms with Gasteiger partial charge in [-0.2, -0.15) is 0 Å². The summed E-state index contributed by atoms with van der Waals surface area (Å²) in [5.74, 6) is 0. The van der Waals surface area contributed by atoms with Gasteiger partial charge < -0.3 is 0 Å². The summed E-state index contributed by atoms with van der Waals surface area (Å²) >= 11 is 0. The van der Waals surface area contributed by atoms with Gasteiger partial charge in [-0.05, 0) is 36.5 Å². The smallest absolute Gasteiger partial charge is 0.0222 e. The summed E-state index contributed by atoms with van der Waals surface area (Å²) in [6.45, 7) is 12.1. The van der Waals surface area contributed by atoms with E-state index in [0.29, 0.717) is 0 Å². The molecule has 1 aliphatic carbocycles. The highest BCUT2D eigenvalue weighted by molar-refractivity contribution is 5.63. The minimum absolute atomic E-state index is 1.15. The summed E-state index contributed by atoms with van der Waals surface area (Å²) in [6, 6.07) is 8.59. The number of allylic oxidation sites excluding steroid dienone is 2. The quantitative estimate of drug-likeness (QED) is 0.587. The summed E-state index contributed by atoms with van der Waals surface area (Å²) in [7, 11) is 0. The Morgan fingerprint density at radius 3 is 2.47 bits per heavy atom. The van der Waals surface area contributed by atoms with Crippen molar-refractivity contribution < 1.29 is 0 Å². The molecule has 0 saturated heterocycles. The lowest BCUT2D eigenvalue weighted by Gasteiger charge is -2.15. The molecule has 0 unspecified atom stereocenters. The Hall–Kier alpha value is -1.56. The van der Waals surface area contributed by atoms with Gasteiger partial charge >= 0.3 is 0 Å². The van der Waals surface area contributed by atoms with Crippen LogP contribution >= 0.6 is 0 Å². The fourth-order valence-corrected chi connectivity index (χ4v) is 1.77. The fourth-order valence-electron chi connectivity index (χ4n) is 1.77. The molecule has 0 radical (unpaired) electrons. The Morgan fingerprint density at radius 1 is 1.13 bits per heavy atom. The van der Waals surface area contributed by atoms with E-state index in [-0.39, 0.29) is 0 Å². The molecule has 0 nitrogen and oxygen atoms in total. The molecule has 0 heteroatoms. The monoisotopic (exact) mass is 198 g/mol. The third-order valence-corrected chi connectivity index (χ3v) is 2.60. The molecule has 78 valence electrons. The molecular weight excluding hydrogens is 180 g/mol. The molecule has 1 aromatic carbocycles. The van der Waals surface area contributed by atoms with E-state index in [1.165, 1.54) is 22.3 Å². The summed E-state index contributed by atoms with van der Waals surface area (Å²) in [4.78, 5) is 0. The molecule has 15 heavy (non-hydrogen) atoms.